The van der Waals surface area contributed by atoms with Gasteiger partial charge in [0.2, 0.25) is 5.91 Å². The second kappa shape index (κ2) is 11.7. The van der Waals surface area contributed by atoms with E-state index < -0.39 is 6.04 Å². The molecule has 0 bridgehead atoms. The summed E-state index contributed by atoms with van der Waals surface area (Å²) in [6, 6.07) is 14.9. The van der Waals surface area contributed by atoms with Crippen LogP contribution in [0.3, 0.4) is 0 Å². The highest BCUT2D eigenvalue weighted by atomic mass is 16.5. The van der Waals surface area contributed by atoms with Crippen LogP contribution in [0.4, 0.5) is 0 Å². The molecule has 6 heteroatoms. The first-order valence-electron chi connectivity index (χ1n) is 11.8. The molecule has 1 aliphatic rings. The summed E-state index contributed by atoms with van der Waals surface area (Å²) in [5.74, 6) is 1.47. The van der Waals surface area contributed by atoms with Gasteiger partial charge in [-0.3, -0.25) is 9.59 Å². The number of rotatable bonds is 10. The molecule has 1 saturated carbocycles. The molecule has 2 aromatic rings. The summed E-state index contributed by atoms with van der Waals surface area (Å²) in [6.07, 6.45) is 4.27. The molecule has 0 unspecified atom stereocenters. The van der Waals surface area contributed by atoms with Gasteiger partial charge in [-0.05, 0) is 61.1 Å². The predicted molar refractivity (Wildman–Crippen MR) is 129 cm³/mol. The zero-order chi connectivity index (χ0) is 23.8. The van der Waals surface area contributed by atoms with E-state index in [9.17, 15) is 9.59 Å². The minimum Gasteiger partial charge on any atom is -0.497 e. The molecule has 33 heavy (non-hydrogen) atoms. The number of nitrogens with one attached hydrogen (secondary N) is 1. The van der Waals surface area contributed by atoms with Crippen LogP contribution >= 0.6 is 0 Å². The van der Waals surface area contributed by atoms with Crippen LogP contribution in [-0.4, -0.2) is 42.5 Å². The van der Waals surface area contributed by atoms with Crippen LogP contribution < -0.4 is 14.8 Å². The normalized spacial score (nSPS) is 14.7. The monoisotopic (exact) mass is 452 g/mol. The van der Waals surface area contributed by atoms with E-state index in [-0.39, 0.29) is 24.5 Å². The fraction of sp³-hybridized carbons (Fsp3) is 0.481. The third-order valence-electron chi connectivity index (χ3n) is 6.29. The lowest BCUT2D eigenvalue weighted by molar-refractivity contribution is -0.142. The third-order valence-corrected chi connectivity index (χ3v) is 6.29. The van der Waals surface area contributed by atoms with E-state index in [1.807, 2.05) is 48.5 Å². The zero-order valence-corrected chi connectivity index (χ0v) is 20.2. The van der Waals surface area contributed by atoms with Crippen LogP contribution in [0, 0.1) is 0 Å². The molecule has 3 rings (SSSR count). The number of methoxy groups -OCH3 is 1. The van der Waals surface area contributed by atoms with Gasteiger partial charge in [0, 0.05) is 12.6 Å². The Bertz CT molecular complexity index is 903. The molecule has 0 aliphatic heterocycles. The van der Waals surface area contributed by atoms with E-state index in [1.54, 1.807) is 18.9 Å². The van der Waals surface area contributed by atoms with Crippen LogP contribution in [0.1, 0.15) is 63.5 Å². The average Bonchev–Trinajstić information content (AvgIpc) is 3.34. The van der Waals surface area contributed by atoms with Crippen LogP contribution in [-0.2, 0) is 16.1 Å². The molecular weight excluding hydrogens is 416 g/mol. The van der Waals surface area contributed by atoms with Gasteiger partial charge in [0.25, 0.3) is 5.91 Å². The quantitative estimate of drug-likeness (QED) is 0.569. The molecule has 0 saturated heterocycles. The number of benzene rings is 2. The van der Waals surface area contributed by atoms with Crippen molar-refractivity contribution in [2.24, 2.45) is 0 Å². The summed E-state index contributed by atoms with van der Waals surface area (Å²) in [7, 11) is 1.62. The molecule has 0 heterocycles. The number of nitrogens with zero attached hydrogens (tertiary/aromatic N) is 1. The Labute approximate surface area is 197 Å². The largest absolute Gasteiger partial charge is 0.497 e. The van der Waals surface area contributed by atoms with Gasteiger partial charge >= 0.3 is 0 Å². The van der Waals surface area contributed by atoms with E-state index in [1.165, 1.54) is 5.56 Å². The SMILES string of the molecule is COc1ccc(CN(C(=O)COc2ccc(C(C)C)cc2)[C@@H](C)C(=O)NC2CCCC2)cc1. The maximum Gasteiger partial charge on any atom is 0.261 e. The molecule has 1 aliphatic carbocycles. The molecule has 2 amide bonds. The molecule has 0 aromatic heterocycles. The highest BCUT2D eigenvalue weighted by Crippen LogP contribution is 2.21. The standard InChI is InChI=1S/C27H36N2O4/c1-19(2)22-11-15-25(16-12-22)33-18-26(30)29(17-21-9-13-24(32-4)14-10-21)20(3)27(31)28-23-7-5-6-8-23/h9-16,19-20,23H,5-8,17-18H2,1-4H3,(H,28,31)/t20-/m0/s1. The van der Waals surface area contributed by atoms with E-state index in [0.29, 0.717) is 18.2 Å². The number of ether oxygens (including phenoxy) is 2. The van der Waals surface area contributed by atoms with Gasteiger partial charge in [-0.2, -0.15) is 0 Å². The number of hydrogen-bond acceptors (Lipinski definition) is 4. The lowest BCUT2D eigenvalue weighted by Crippen LogP contribution is -2.50. The predicted octanol–water partition coefficient (Wildman–Crippen LogP) is 4.67. The van der Waals surface area contributed by atoms with Crippen molar-refractivity contribution in [2.45, 2.75) is 71.0 Å². The molecule has 6 nitrogen and oxygen atoms in total. The maximum absolute atomic E-state index is 13.2. The summed E-state index contributed by atoms with van der Waals surface area (Å²) in [5, 5.41) is 3.11. The molecule has 1 atom stereocenters. The second-order valence-electron chi connectivity index (χ2n) is 9.05. The number of carbonyl (C=O) groups is 2. The first kappa shape index (κ1) is 24.6. The Morgan fingerprint density at radius 2 is 1.58 bits per heavy atom. The first-order valence-corrected chi connectivity index (χ1v) is 11.8. The summed E-state index contributed by atoms with van der Waals surface area (Å²) >= 11 is 0. The Morgan fingerprint density at radius 1 is 0.970 bits per heavy atom. The van der Waals surface area contributed by atoms with Gasteiger partial charge in [-0.15, -0.1) is 0 Å². The van der Waals surface area contributed by atoms with E-state index in [0.717, 1.165) is 37.0 Å². The van der Waals surface area contributed by atoms with Crippen LogP contribution in [0.15, 0.2) is 48.5 Å². The first-order chi connectivity index (χ1) is 15.9. The van der Waals surface area contributed by atoms with Crippen molar-refractivity contribution in [3.8, 4) is 11.5 Å². The van der Waals surface area contributed by atoms with E-state index in [4.69, 9.17) is 9.47 Å². The van der Waals surface area contributed by atoms with Crippen molar-refractivity contribution in [2.75, 3.05) is 13.7 Å². The summed E-state index contributed by atoms with van der Waals surface area (Å²) < 4.78 is 11.0. The number of amides is 2. The molecule has 0 spiro atoms. The Kier molecular flexibility index (Phi) is 8.75. The Balaban J connectivity index is 1.69. The molecule has 0 radical (unpaired) electrons. The summed E-state index contributed by atoms with van der Waals surface area (Å²) in [6.45, 7) is 6.24. The lowest BCUT2D eigenvalue weighted by atomic mass is 10.0. The molecule has 1 N–H and O–H groups in total. The van der Waals surface area contributed by atoms with Crippen molar-refractivity contribution >= 4 is 11.8 Å². The van der Waals surface area contributed by atoms with Crippen LogP contribution in [0.2, 0.25) is 0 Å². The average molecular weight is 453 g/mol. The smallest absolute Gasteiger partial charge is 0.261 e. The zero-order valence-electron chi connectivity index (χ0n) is 20.2. The van der Waals surface area contributed by atoms with E-state index >= 15 is 0 Å². The van der Waals surface area contributed by atoms with Gasteiger partial charge < -0.3 is 19.7 Å². The van der Waals surface area contributed by atoms with Crippen molar-refractivity contribution in [1.29, 1.82) is 0 Å². The van der Waals surface area contributed by atoms with Crippen molar-refractivity contribution in [3.05, 3.63) is 59.7 Å². The topological polar surface area (TPSA) is 67.9 Å². The maximum atomic E-state index is 13.2. The third kappa shape index (κ3) is 6.98. The second-order valence-corrected chi connectivity index (χ2v) is 9.05. The highest BCUT2D eigenvalue weighted by molar-refractivity contribution is 5.88. The Hall–Kier alpha value is -3.02. The Morgan fingerprint density at radius 3 is 2.15 bits per heavy atom. The van der Waals surface area contributed by atoms with Crippen molar-refractivity contribution in [1.82, 2.24) is 10.2 Å². The summed E-state index contributed by atoms with van der Waals surface area (Å²) in [5.41, 5.74) is 2.14. The highest BCUT2D eigenvalue weighted by Gasteiger charge is 2.28. The lowest BCUT2D eigenvalue weighted by Gasteiger charge is -2.29. The van der Waals surface area contributed by atoms with Crippen LogP contribution in [0.25, 0.3) is 0 Å². The summed E-state index contributed by atoms with van der Waals surface area (Å²) in [4.78, 5) is 27.7. The fourth-order valence-electron chi connectivity index (χ4n) is 4.08. The molecular formula is C27H36N2O4. The van der Waals surface area contributed by atoms with Crippen LogP contribution in [0.5, 0.6) is 11.5 Å². The van der Waals surface area contributed by atoms with Gasteiger partial charge in [0.15, 0.2) is 6.61 Å². The van der Waals surface area contributed by atoms with Gasteiger partial charge in [-0.25, -0.2) is 0 Å². The minimum atomic E-state index is -0.605. The van der Waals surface area contributed by atoms with E-state index in [2.05, 4.69) is 19.2 Å². The van der Waals surface area contributed by atoms with Gasteiger partial charge in [0.05, 0.1) is 7.11 Å². The fourth-order valence-corrected chi connectivity index (χ4v) is 4.08. The van der Waals surface area contributed by atoms with Gasteiger partial charge in [0.1, 0.15) is 17.5 Å². The molecule has 178 valence electrons. The number of hydrogen-bond donors (Lipinski definition) is 1. The van der Waals surface area contributed by atoms with Crippen molar-refractivity contribution < 1.29 is 19.1 Å². The number of carbonyl (C=O) groups excluding carboxylic acids is 2. The van der Waals surface area contributed by atoms with Crippen molar-refractivity contribution in [3.63, 3.8) is 0 Å². The minimum absolute atomic E-state index is 0.120. The molecule has 1 fully saturated rings. The van der Waals surface area contributed by atoms with Gasteiger partial charge in [-0.1, -0.05) is 51.0 Å². The molecule has 2 aromatic carbocycles.